The molecule has 1 unspecified atom stereocenters. The summed E-state index contributed by atoms with van der Waals surface area (Å²) in [7, 11) is 0. The van der Waals surface area contributed by atoms with Crippen LogP contribution in [0.5, 0.6) is 0 Å². The van der Waals surface area contributed by atoms with Gasteiger partial charge in [0.1, 0.15) is 11.6 Å². The van der Waals surface area contributed by atoms with Gasteiger partial charge in [-0.3, -0.25) is 0 Å². The predicted octanol–water partition coefficient (Wildman–Crippen LogP) is 1.49. The SMILES string of the molecule is Cc1nnnn1-c1cccc(C(C)c2nccc(N)n2)c1. The van der Waals surface area contributed by atoms with Gasteiger partial charge in [-0.1, -0.05) is 19.1 Å². The van der Waals surface area contributed by atoms with Gasteiger partial charge in [0.05, 0.1) is 5.69 Å². The molecule has 0 fully saturated rings. The van der Waals surface area contributed by atoms with Crippen LogP contribution >= 0.6 is 0 Å². The molecule has 0 aliphatic rings. The summed E-state index contributed by atoms with van der Waals surface area (Å²) in [4.78, 5) is 8.57. The number of anilines is 1. The van der Waals surface area contributed by atoms with Gasteiger partial charge < -0.3 is 5.73 Å². The number of aromatic nitrogens is 6. The Kier molecular flexibility index (Phi) is 3.31. The van der Waals surface area contributed by atoms with Gasteiger partial charge in [0.15, 0.2) is 5.82 Å². The Balaban J connectivity index is 1.98. The van der Waals surface area contributed by atoms with Crippen molar-refractivity contribution in [3.63, 3.8) is 0 Å². The minimum absolute atomic E-state index is 0.0326. The topological polar surface area (TPSA) is 95.4 Å². The zero-order valence-corrected chi connectivity index (χ0v) is 11.8. The molecule has 0 spiro atoms. The molecule has 1 atom stereocenters. The van der Waals surface area contributed by atoms with Gasteiger partial charge in [-0.15, -0.1) is 5.10 Å². The molecule has 7 heteroatoms. The molecule has 3 aromatic rings. The summed E-state index contributed by atoms with van der Waals surface area (Å²) in [5.74, 6) is 1.94. The predicted molar refractivity (Wildman–Crippen MR) is 77.9 cm³/mol. The maximum Gasteiger partial charge on any atom is 0.153 e. The highest BCUT2D eigenvalue weighted by Gasteiger charge is 2.13. The Morgan fingerprint density at radius 1 is 1.24 bits per heavy atom. The van der Waals surface area contributed by atoms with Crippen LogP contribution < -0.4 is 5.73 Å². The van der Waals surface area contributed by atoms with Crippen LogP contribution in [-0.4, -0.2) is 30.2 Å². The van der Waals surface area contributed by atoms with Gasteiger partial charge >= 0.3 is 0 Å². The second-order valence-corrected chi connectivity index (χ2v) is 4.79. The van der Waals surface area contributed by atoms with Crippen molar-refractivity contribution >= 4 is 5.82 Å². The number of nitrogens with two attached hydrogens (primary N) is 1. The summed E-state index contributed by atoms with van der Waals surface area (Å²) < 4.78 is 1.69. The summed E-state index contributed by atoms with van der Waals surface area (Å²) in [6, 6.07) is 9.66. The molecule has 106 valence electrons. The first kappa shape index (κ1) is 13.2. The Labute approximate surface area is 121 Å². The van der Waals surface area contributed by atoms with E-state index >= 15 is 0 Å². The van der Waals surface area contributed by atoms with Crippen LogP contribution in [0, 0.1) is 6.92 Å². The molecule has 1 aromatic carbocycles. The van der Waals surface area contributed by atoms with Crippen LogP contribution in [-0.2, 0) is 0 Å². The maximum absolute atomic E-state index is 5.72. The normalized spacial score (nSPS) is 12.3. The zero-order valence-electron chi connectivity index (χ0n) is 11.8. The fourth-order valence-electron chi connectivity index (χ4n) is 2.14. The third-order valence-corrected chi connectivity index (χ3v) is 3.32. The molecule has 0 radical (unpaired) electrons. The number of nitrogens with zero attached hydrogens (tertiary/aromatic N) is 6. The van der Waals surface area contributed by atoms with E-state index in [1.807, 2.05) is 38.1 Å². The standard InChI is InChI=1S/C14H15N7/c1-9(14-16-7-6-13(15)17-14)11-4-3-5-12(8-11)21-10(2)18-19-20-21/h3-9H,1-2H3,(H2,15,16,17). The van der Waals surface area contributed by atoms with Crippen molar-refractivity contribution in [3.05, 3.63) is 53.7 Å². The van der Waals surface area contributed by atoms with Crippen LogP contribution in [0.15, 0.2) is 36.5 Å². The number of nitrogen functional groups attached to an aromatic ring is 1. The molecule has 0 saturated carbocycles. The Bertz CT molecular complexity index is 765. The lowest BCUT2D eigenvalue weighted by Crippen LogP contribution is -2.06. The van der Waals surface area contributed by atoms with Gasteiger partial charge in [-0.05, 0) is 41.1 Å². The number of aryl methyl sites for hydroxylation is 1. The van der Waals surface area contributed by atoms with Crippen molar-refractivity contribution in [1.29, 1.82) is 0 Å². The first-order valence-electron chi connectivity index (χ1n) is 6.59. The molecule has 0 aliphatic carbocycles. The molecule has 3 rings (SSSR count). The first-order valence-corrected chi connectivity index (χ1v) is 6.59. The highest BCUT2D eigenvalue weighted by Crippen LogP contribution is 2.23. The molecule has 2 heterocycles. The van der Waals surface area contributed by atoms with Crippen molar-refractivity contribution in [3.8, 4) is 5.69 Å². The number of rotatable bonds is 3. The number of hydrogen-bond donors (Lipinski definition) is 1. The minimum Gasteiger partial charge on any atom is -0.384 e. The van der Waals surface area contributed by atoms with Crippen molar-refractivity contribution in [2.45, 2.75) is 19.8 Å². The zero-order chi connectivity index (χ0) is 14.8. The summed E-state index contributed by atoms with van der Waals surface area (Å²) >= 11 is 0. The van der Waals surface area contributed by atoms with E-state index in [0.29, 0.717) is 11.6 Å². The lowest BCUT2D eigenvalue weighted by Gasteiger charge is -2.12. The number of hydrogen-bond acceptors (Lipinski definition) is 6. The van der Waals surface area contributed by atoms with E-state index < -0.39 is 0 Å². The largest absolute Gasteiger partial charge is 0.384 e. The Hall–Kier alpha value is -2.83. The van der Waals surface area contributed by atoms with E-state index in [0.717, 1.165) is 17.1 Å². The highest BCUT2D eigenvalue weighted by molar-refractivity contribution is 5.39. The van der Waals surface area contributed by atoms with Crippen molar-refractivity contribution < 1.29 is 0 Å². The molecular weight excluding hydrogens is 266 g/mol. The van der Waals surface area contributed by atoms with Crippen LogP contribution in [0.1, 0.15) is 30.1 Å². The van der Waals surface area contributed by atoms with E-state index in [-0.39, 0.29) is 5.92 Å². The fraction of sp³-hybridized carbons (Fsp3) is 0.214. The summed E-state index contributed by atoms with van der Waals surface area (Å²) in [5, 5.41) is 11.5. The summed E-state index contributed by atoms with van der Waals surface area (Å²) in [5.41, 5.74) is 7.70. The van der Waals surface area contributed by atoms with Crippen LogP contribution in [0.25, 0.3) is 5.69 Å². The van der Waals surface area contributed by atoms with Crippen molar-refractivity contribution in [1.82, 2.24) is 30.2 Å². The van der Waals surface area contributed by atoms with E-state index in [1.54, 1.807) is 16.9 Å². The number of benzene rings is 1. The first-order chi connectivity index (χ1) is 10.1. The van der Waals surface area contributed by atoms with Gasteiger partial charge in [-0.25, -0.2) is 9.97 Å². The van der Waals surface area contributed by atoms with E-state index in [2.05, 4.69) is 25.5 Å². The lowest BCUT2D eigenvalue weighted by molar-refractivity contribution is 0.772. The average molecular weight is 281 g/mol. The van der Waals surface area contributed by atoms with Crippen molar-refractivity contribution in [2.75, 3.05) is 5.73 Å². The van der Waals surface area contributed by atoms with Crippen LogP contribution in [0.3, 0.4) is 0 Å². The monoisotopic (exact) mass is 281 g/mol. The van der Waals surface area contributed by atoms with Crippen molar-refractivity contribution in [2.24, 2.45) is 0 Å². The molecule has 2 N–H and O–H groups in total. The molecule has 0 saturated heterocycles. The van der Waals surface area contributed by atoms with Gasteiger partial charge in [-0.2, -0.15) is 4.68 Å². The maximum atomic E-state index is 5.72. The average Bonchev–Trinajstić information content (AvgIpc) is 2.93. The van der Waals surface area contributed by atoms with Gasteiger partial charge in [0.25, 0.3) is 0 Å². The summed E-state index contributed by atoms with van der Waals surface area (Å²) in [6.07, 6.45) is 1.67. The fourth-order valence-corrected chi connectivity index (χ4v) is 2.14. The number of tetrazole rings is 1. The third kappa shape index (κ3) is 2.58. The minimum atomic E-state index is 0.0326. The van der Waals surface area contributed by atoms with E-state index in [9.17, 15) is 0 Å². The molecule has 0 amide bonds. The highest BCUT2D eigenvalue weighted by atomic mass is 15.5. The second kappa shape index (κ2) is 5.28. The van der Waals surface area contributed by atoms with E-state index in [4.69, 9.17) is 5.73 Å². The quantitative estimate of drug-likeness (QED) is 0.781. The molecule has 0 aliphatic heterocycles. The van der Waals surface area contributed by atoms with E-state index in [1.165, 1.54) is 0 Å². The molecule has 21 heavy (non-hydrogen) atoms. The third-order valence-electron chi connectivity index (χ3n) is 3.32. The van der Waals surface area contributed by atoms with Gasteiger partial charge in [0, 0.05) is 12.1 Å². The Morgan fingerprint density at radius 3 is 2.81 bits per heavy atom. The summed E-state index contributed by atoms with van der Waals surface area (Å²) in [6.45, 7) is 3.90. The lowest BCUT2D eigenvalue weighted by atomic mass is 10.00. The molecular formula is C14H15N7. The molecule has 7 nitrogen and oxygen atoms in total. The van der Waals surface area contributed by atoms with Gasteiger partial charge in [0.2, 0.25) is 0 Å². The molecule has 0 bridgehead atoms. The van der Waals surface area contributed by atoms with Crippen LogP contribution in [0.2, 0.25) is 0 Å². The second-order valence-electron chi connectivity index (χ2n) is 4.79. The molecule has 2 aromatic heterocycles. The smallest absolute Gasteiger partial charge is 0.153 e. The van der Waals surface area contributed by atoms with Crippen LogP contribution in [0.4, 0.5) is 5.82 Å². The Morgan fingerprint density at radius 2 is 2.10 bits per heavy atom.